The van der Waals surface area contributed by atoms with Gasteiger partial charge in [-0.25, -0.2) is 0 Å². The zero-order chi connectivity index (χ0) is 18.3. The molecule has 0 heterocycles. The lowest BCUT2D eigenvalue weighted by Gasteiger charge is -2.10. The Morgan fingerprint density at radius 2 is 1.56 bits per heavy atom. The van der Waals surface area contributed by atoms with Crippen molar-refractivity contribution < 1.29 is 22.7 Å². The number of nitrogens with one attached hydrogen (secondary N) is 2. The van der Waals surface area contributed by atoms with Crippen molar-refractivity contribution in [3.8, 4) is 11.5 Å². The number of amides is 1. The fourth-order valence-corrected chi connectivity index (χ4v) is 2.05. The van der Waals surface area contributed by atoms with Crippen molar-refractivity contribution in [3.05, 3.63) is 59.7 Å². The number of carbonyl (C=O) groups excluding carboxylic acids is 1. The molecule has 0 fully saturated rings. The molecule has 2 rings (SSSR count). The van der Waals surface area contributed by atoms with Gasteiger partial charge in [0.1, 0.15) is 11.5 Å². The molecule has 0 saturated carbocycles. The molecule has 0 aromatic heterocycles. The van der Waals surface area contributed by atoms with Gasteiger partial charge < -0.3 is 15.4 Å². The van der Waals surface area contributed by atoms with Crippen LogP contribution in [0, 0.1) is 0 Å². The van der Waals surface area contributed by atoms with E-state index in [9.17, 15) is 18.0 Å². The summed E-state index contributed by atoms with van der Waals surface area (Å²) in [6.07, 6.45) is -3.95. The average Bonchev–Trinajstić information content (AvgIpc) is 2.59. The van der Waals surface area contributed by atoms with Crippen LogP contribution >= 0.6 is 0 Å². The number of ether oxygens (including phenoxy) is 1. The van der Waals surface area contributed by atoms with Crippen molar-refractivity contribution in [2.24, 2.45) is 0 Å². The summed E-state index contributed by atoms with van der Waals surface area (Å²) in [6, 6.07) is 11.5. The Hall–Kier alpha value is -2.54. The van der Waals surface area contributed by atoms with Crippen LogP contribution in [0.3, 0.4) is 0 Å². The first-order chi connectivity index (χ1) is 11.9. The van der Waals surface area contributed by atoms with Crippen LogP contribution in [0.1, 0.15) is 17.5 Å². The van der Waals surface area contributed by atoms with E-state index in [0.29, 0.717) is 31.0 Å². The summed E-state index contributed by atoms with van der Waals surface area (Å²) in [6.45, 7) is 1.02. The smallest absolute Gasteiger partial charge is 0.416 e. The second kappa shape index (κ2) is 8.53. The van der Waals surface area contributed by atoms with E-state index in [4.69, 9.17) is 4.74 Å². The minimum atomic E-state index is -4.36. The third-order valence-corrected chi connectivity index (χ3v) is 3.43. The van der Waals surface area contributed by atoms with E-state index >= 15 is 0 Å². The summed E-state index contributed by atoms with van der Waals surface area (Å²) in [4.78, 5) is 11.5. The zero-order valence-electron chi connectivity index (χ0n) is 13.7. The second-order valence-electron chi connectivity index (χ2n) is 5.40. The van der Waals surface area contributed by atoms with Crippen molar-refractivity contribution in [2.75, 3.05) is 13.6 Å². The lowest BCUT2D eigenvalue weighted by atomic mass is 10.2. The predicted molar refractivity (Wildman–Crippen MR) is 88.4 cm³/mol. The van der Waals surface area contributed by atoms with Crippen molar-refractivity contribution >= 4 is 5.91 Å². The van der Waals surface area contributed by atoms with E-state index in [1.165, 1.54) is 12.1 Å². The van der Waals surface area contributed by atoms with Crippen LogP contribution in [-0.4, -0.2) is 19.5 Å². The summed E-state index contributed by atoms with van der Waals surface area (Å²) >= 11 is 0. The molecule has 0 bridgehead atoms. The third-order valence-electron chi connectivity index (χ3n) is 3.43. The maximum absolute atomic E-state index is 12.5. The van der Waals surface area contributed by atoms with Crippen LogP contribution in [0.5, 0.6) is 11.5 Å². The topological polar surface area (TPSA) is 50.4 Å². The van der Waals surface area contributed by atoms with E-state index in [0.717, 1.165) is 17.7 Å². The Bertz CT molecular complexity index is 683. The van der Waals surface area contributed by atoms with Gasteiger partial charge in [-0.1, -0.05) is 12.1 Å². The molecule has 0 aliphatic carbocycles. The van der Waals surface area contributed by atoms with E-state index in [2.05, 4.69) is 10.6 Å². The highest BCUT2D eigenvalue weighted by molar-refractivity contribution is 5.76. The van der Waals surface area contributed by atoms with E-state index in [1.54, 1.807) is 31.3 Å². The first kappa shape index (κ1) is 18.8. The summed E-state index contributed by atoms with van der Waals surface area (Å²) in [7, 11) is 1.78. The monoisotopic (exact) mass is 352 g/mol. The Balaban J connectivity index is 1.88. The maximum atomic E-state index is 12.5. The highest BCUT2D eigenvalue weighted by Crippen LogP contribution is 2.31. The normalized spacial score (nSPS) is 11.2. The van der Waals surface area contributed by atoms with Crippen LogP contribution in [0.2, 0.25) is 0 Å². The minimum absolute atomic E-state index is 0.0422. The molecular formula is C18H19F3N2O2. The molecule has 7 heteroatoms. The molecule has 0 spiro atoms. The first-order valence-corrected chi connectivity index (χ1v) is 7.74. The largest absolute Gasteiger partial charge is 0.457 e. The highest BCUT2D eigenvalue weighted by Gasteiger charge is 2.30. The summed E-state index contributed by atoms with van der Waals surface area (Å²) in [5.41, 5.74) is 0.182. The van der Waals surface area contributed by atoms with Gasteiger partial charge in [0.25, 0.3) is 0 Å². The van der Waals surface area contributed by atoms with Crippen LogP contribution in [0.25, 0.3) is 0 Å². The number of halogens is 3. The SMILES string of the molecule is CNCCC(=O)NCc1ccc(Oc2ccc(C(F)(F)F)cc2)cc1. The molecule has 25 heavy (non-hydrogen) atoms. The Morgan fingerprint density at radius 1 is 1.00 bits per heavy atom. The van der Waals surface area contributed by atoms with Gasteiger partial charge in [-0.3, -0.25) is 4.79 Å². The van der Waals surface area contributed by atoms with E-state index in [-0.39, 0.29) is 5.91 Å². The van der Waals surface area contributed by atoms with Crippen LogP contribution < -0.4 is 15.4 Å². The molecule has 0 saturated heterocycles. The van der Waals surface area contributed by atoms with Gasteiger partial charge in [-0.15, -0.1) is 0 Å². The van der Waals surface area contributed by atoms with Gasteiger partial charge >= 0.3 is 6.18 Å². The molecule has 0 aliphatic heterocycles. The van der Waals surface area contributed by atoms with Crippen LogP contribution in [0.4, 0.5) is 13.2 Å². The molecule has 0 unspecified atom stereocenters. The number of hydrogen-bond donors (Lipinski definition) is 2. The zero-order valence-corrected chi connectivity index (χ0v) is 13.7. The van der Waals surface area contributed by atoms with Crippen molar-refractivity contribution in [3.63, 3.8) is 0 Å². The van der Waals surface area contributed by atoms with E-state index in [1.807, 2.05) is 0 Å². The predicted octanol–water partition coefficient (Wildman–Crippen LogP) is 3.72. The molecule has 4 nitrogen and oxygen atoms in total. The van der Waals surface area contributed by atoms with E-state index < -0.39 is 11.7 Å². The lowest BCUT2D eigenvalue weighted by Crippen LogP contribution is -2.25. The molecule has 0 radical (unpaired) electrons. The molecule has 0 aliphatic rings. The third kappa shape index (κ3) is 6.11. The Kier molecular flexibility index (Phi) is 6.41. The number of alkyl halides is 3. The molecule has 2 aromatic rings. The quantitative estimate of drug-likeness (QED) is 0.798. The summed E-state index contributed by atoms with van der Waals surface area (Å²) < 4.78 is 43.1. The Morgan fingerprint density at radius 3 is 2.08 bits per heavy atom. The maximum Gasteiger partial charge on any atom is 0.416 e. The van der Waals surface area contributed by atoms with Crippen molar-refractivity contribution in [1.82, 2.24) is 10.6 Å². The van der Waals surface area contributed by atoms with Crippen molar-refractivity contribution in [2.45, 2.75) is 19.1 Å². The fraction of sp³-hybridized carbons (Fsp3) is 0.278. The molecular weight excluding hydrogens is 333 g/mol. The Labute approximate surface area is 144 Å². The number of hydrogen-bond acceptors (Lipinski definition) is 3. The fourth-order valence-electron chi connectivity index (χ4n) is 2.05. The van der Waals surface area contributed by atoms with Crippen molar-refractivity contribution in [1.29, 1.82) is 0 Å². The van der Waals surface area contributed by atoms with Gasteiger partial charge in [-0.2, -0.15) is 13.2 Å². The standard InChI is InChI=1S/C18H19F3N2O2/c1-22-11-10-17(24)23-12-13-2-6-15(7-3-13)25-16-8-4-14(5-9-16)18(19,20)21/h2-9,22H,10-12H2,1H3,(H,23,24). The number of carbonyl (C=O) groups is 1. The number of rotatable bonds is 7. The average molecular weight is 352 g/mol. The molecule has 1 amide bonds. The van der Waals surface area contributed by atoms with Gasteiger partial charge in [0, 0.05) is 19.5 Å². The number of benzene rings is 2. The van der Waals surface area contributed by atoms with Gasteiger partial charge in [-0.05, 0) is 49.0 Å². The second-order valence-corrected chi connectivity index (χ2v) is 5.40. The minimum Gasteiger partial charge on any atom is -0.457 e. The van der Waals surface area contributed by atoms with Gasteiger partial charge in [0.05, 0.1) is 5.56 Å². The van der Waals surface area contributed by atoms with Gasteiger partial charge in [0.2, 0.25) is 5.91 Å². The molecule has 134 valence electrons. The van der Waals surface area contributed by atoms with Crippen LogP contribution in [-0.2, 0) is 17.5 Å². The van der Waals surface area contributed by atoms with Crippen LogP contribution in [0.15, 0.2) is 48.5 Å². The van der Waals surface area contributed by atoms with Gasteiger partial charge in [0.15, 0.2) is 0 Å². The molecule has 2 aromatic carbocycles. The lowest BCUT2D eigenvalue weighted by molar-refractivity contribution is -0.137. The molecule has 0 atom stereocenters. The summed E-state index contributed by atoms with van der Waals surface area (Å²) in [5.74, 6) is 0.783. The highest BCUT2D eigenvalue weighted by atomic mass is 19.4. The first-order valence-electron chi connectivity index (χ1n) is 7.74. The summed E-state index contributed by atoms with van der Waals surface area (Å²) in [5, 5.41) is 5.70. The molecule has 2 N–H and O–H groups in total.